The van der Waals surface area contributed by atoms with Crippen LogP contribution in [0.4, 0.5) is 0 Å². The molecular weight excluding hydrogens is 668 g/mol. The van der Waals surface area contributed by atoms with Gasteiger partial charge in [0.2, 0.25) is 5.79 Å². The molecule has 0 amide bonds. The van der Waals surface area contributed by atoms with Gasteiger partial charge in [0, 0.05) is 0 Å². The van der Waals surface area contributed by atoms with Crippen LogP contribution in [0.25, 0.3) is 0 Å². The molecule has 0 saturated carbocycles. The van der Waals surface area contributed by atoms with Crippen LogP contribution in [0.2, 0.25) is 0 Å². The van der Waals surface area contributed by atoms with Gasteiger partial charge in [0.15, 0.2) is 11.9 Å². The molecule has 0 aromatic carbocycles. The Balaban J connectivity index is -0.000000327. The molecule has 248 valence electrons. The normalized spacial score (nSPS) is 31.3. The van der Waals surface area contributed by atoms with Crippen molar-refractivity contribution < 1.29 is 109 Å². The Labute approximate surface area is 313 Å². The van der Waals surface area contributed by atoms with Crippen molar-refractivity contribution in [3.8, 4) is 0 Å². The first-order chi connectivity index (χ1) is 18.6. The topological polar surface area (TPSA) is 399 Å². The maximum atomic E-state index is 10.3. The Morgan fingerprint density at radius 1 is 0.750 bits per heavy atom. The summed E-state index contributed by atoms with van der Waals surface area (Å²) in [5.41, 5.74) is -2.74. The van der Waals surface area contributed by atoms with E-state index >= 15 is 0 Å². The van der Waals surface area contributed by atoms with Crippen LogP contribution in [0.1, 0.15) is 12.8 Å². The van der Waals surface area contributed by atoms with E-state index in [4.69, 9.17) is 64.1 Å². The molecule has 0 spiro atoms. The monoisotopic (exact) mass is 704 g/mol. The standard InChI is InChI=1S/C12H22O11.C6H8O7.3Na.H3O4P.3H/c13-1-4-6(16)8(18)9(19)11(21-4)23-12(3-15)10(20)7(17)5(2-14)22-12;7-3(8)1-6(13,5(11)12)2-4(9)10;;;;1-5(2,3)4;;;/h4-11,13-20H,1-3H2;13H,1-2H2,(H,7,8)(H,9,10)(H,11,12);;;;(H3,1,2,3,4);;;/t4-,5-,6-,7-,8+,9-,10+,11-,12+;;;;;;;;/m1......../s1. The molecular formula is C18H36Na3O22P. The number of carboxylic acid groups (broad SMARTS) is 3. The van der Waals surface area contributed by atoms with Crippen molar-refractivity contribution in [3.63, 3.8) is 0 Å². The summed E-state index contributed by atoms with van der Waals surface area (Å²) >= 11 is 0. The van der Waals surface area contributed by atoms with Crippen LogP contribution in [0, 0.1) is 0 Å². The number of phosphoric acid groups is 1. The number of carboxylic acids is 3. The fraction of sp³-hybridized carbons (Fsp3) is 0.833. The van der Waals surface area contributed by atoms with Gasteiger partial charge in [0.1, 0.15) is 49.3 Å². The average Bonchev–Trinajstić information content (AvgIpc) is 3.07. The Morgan fingerprint density at radius 2 is 1.16 bits per heavy atom. The zero-order valence-electron chi connectivity index (χ0n) is 20.7. The van der Waals surface area contributed by atoms with E-state index in [0.717, 1.165) is 0 Å². The fourth-order valence-corrected chi connectivity index (χ4v) is 3.35. The quantitative estimate of drug-likeness (QED) is 0.0741. The van der Waals surface area contributed by atoms with Gasteiger partial charge in [-0.05, 0) is 0 Å². The van der Waals surface area contributed by atoms with Crippen molar-refractivity contribution in [2.24, 2.45) is 0 Å². The molecule has 22 nitrogen and oxygen atoms in total. The van der Waals surface area contributed by atoms with Gasteiger partial charge in [0.05, 0.1) is 26.1 Å². The Morgan fingerprint density at radius 3 is 1.45 bits per heavy atom. The molecule has 9 atom stereocenters. The summed E-state index contributed by atoms with van der Waals surface area (Å²) in [6, 6.07) is 0. The van der Waals surface area contributed by atoms with E-state index in [1.165, 1.54) is 0 Å². The summed E-state index contributed by atoms with van der Waals surface area (Å²) in [5, 5.41) is 110. The fourth-order valence-electron chi connectivity index (χ4n) is 3.35. The van der Waals surface area contributed by atoms with Gasteiger partial charge in [-0.2, -0.15) is 0 Å². The SMILES string of the molecule is O=C(O)CC(O)(CC(=O)O)C(=O)O.O=P(O)(O)O.OC[C@H]1O[C@@](CO)(O[C@H]2O[C@H](CO)[C@@H](O)[C@H](O)[C@H]2O)[C@@H](O)[C@@H]1O.[NaH].[NaH].[NaH]. The first-order valence-corrected chi connectivity index (χ1v) is 12.6. The van der Waals surface area contributed by atoms with E-state index in [-0.39, 0.29) is 88.7 Å². The van der Waals surface area contributed by atoms with Crippen molar-refractivity contribution in [3.05, 3.63) is 0 Å². The molecule has 2 heterocycles. The second-order valence-corrected chi connectivity index (χ2v) is 9.58. The van der Waals surface area contributed by atoms with E-state index in [2.05, 4.69) is 0 Å². The molecule has 2 aliphatic rings. The summed E-state index contributed by atoms with van der Waals surface area (Å²) < 4.78 is 24.3. The molecule has 2 rings (SSSR count). The van der Waals surface area contributed by atoms with E-state index in [0.29, 0.717) is 0 Å². The van der Waals surface area contributed by atoms with Crippen LogP contribution >= 0.6 is 7.82 Å². The van der Waals surface area contributed by atoms with Crippen LogP contribution in [-0.4, -0.2) is 263 Å². The third-order valence-electron chi connectivity index (χ3n) is 5.36. The third-order valence-corrected chi connectivity index (χ3v) is 5.36. The van der Waals surface area contributed by atoms with E-state index < -0.39 is 119 Å². The van der Waals surface area contributed by atoms with Crippen LogP contribution in [0.5, 0.6) is 0 Å². The van der Waals surface area contributed by atoms with Crippen molar-refractivity contribution in [1.29, 1.82) is 0 Å². The molecule has 0 radical (unpaired) electrons. The predicted octanol–water partition coefficient (Wildman–Crippen LogP) is -9.52. The number of rotatable bonds is 10. The number of hydrogen-bond acceptors (Lipinski definition) is 16. The average molecular weight is 704 g/mol. The van der Waals surface area contributed by atoms with Gasteiger partial charge in [-0.25, -0.2) is 9.36 Å². The first-order valence-electron chi connectivity index (χ1n) is 11.0. The van der Waals surface area contributed by atoms with Crippen molar-refractivity contribution in [1.82, 2.24) is 0 Å². The summed E-state index contributed by atoms with van der Waals surface area (Å²) in [7, 11) is -4.64. The van der Waals surface area contributed by atoms with Crippen LogP contribution in [0.15, 0.2) is 0 Å². The van der Waals surface area contributed by atoms with Crippen molar-refractivity contribution in [2.75, 3.05) is 19.8 Å². The number of carbonyl (C=O) groups is 3. The molecule has 2 fully saturated rings. The van der Waals surface area contributed by atoms with Crippen molar-refractivity contribution in [2.45, 2.75) is 73.2 Å². The number of aliphatic carboxylic acids is 3. The van der Waals surface area contributed by atoms with Gasteiger partial charge >= 0.3 is 114 Å². The van der Waals surface area contributed by atoms with E-state index in [1.807, 2.05) is 0 Å². The van der Waals surface area contributed by atoms with Crippen LogP contribution in [0.3, 0.4) is 0 Å². The van der Waals surface area contributed by atoms with Gasteiger partial charge in [-0.15, -0.1) is 0 Å². The minimum absolute atomic E-state index is 0. The zero-order chi connectivity index (χ0) is 32.5. The van der Waals surface area contributed by atoms with Crippen LogP contribution in [-0.2, 0) is 33.2 Å². The number of aliphatic hydroxyl groups is 9. The van der Waals surface area contributed by atoms with Crippen LogP contribution < -0.4 is 0 Å². The number of hydrogen-bond donors (Lipinski definition) is 15. The molecule has 26 heteroatoms. The van der Waals surface area contributed by atoms with E-state index in [9.17, 15) is 45.0 Å². The molecule has 2 saturated heterocycles. The van der Waals surface area contributed by atoms with Gasteiger partial charge in [0.25, 0.3) is 0 Å². The Kier molecular flexibility index (Phi) is 26.7. The summed E-state index contributed by atoms with van der Waals surface area (Å²) in [6.07, 6.45) is -14.9. The van der Waals surface area contributed by atoms with Gasteiger partial charge in [-0.3, -0.25) is 9.59 Å². The molecule has 0 aromatic rings. The Bertz CT molecular complexity index is 898. The first kappa shape index (κ1) is 51.9. The molecule has 0 aliphatic carbocycles. The summed E-state index contributed by atoms with van der Waals surface area (Å²) in [5.74, 6) is -7.24. The molecule has 15 N–H and O–H groups in total. The second-order valence-electron chi connectivity index (χ2n) is 8.55. The number of ether oxygens (including phenoxy) is 3. The molecule has 44 heavy (non-hydrogen) atoms. The van der Waals surface area contributed by atoms with E-state index in [1.54, 1.807) is 0 Å². The molecule has 0 unspecified atom stereocenters. The van der Waals surface area contributed by atoms with Gasteiger partial charge in [-0.1, -0.05) is 0 Å². The Hall–Kier alpha value is 1.04. The second kappa shape index (κ2) is 22.6. The molecule has 2 aliphatic heterocycles. The third kappa shape index (κ3) is 16.4. The molecule has 0 bridgehead atoms. The minimum atomic E-state index is -4.64. The maximum absolute atomic E-state index is 10.3. The summed E-state index contributed by atoms with van der Waals surface area (Å²) in [6.45, 7) is -2.32. The molecule has 0 aromatic heterocycles. The zero-order valence-corrected chi connectivity index (χ0v) is 21.6. The summed E-state index contributed by atoms with van der Waals surface area (Å²) in [4.78, 5) is 52.0. The van der Waals surface area contributed by atoms with Crippen molar-refractivity contribution >= 4 is 114 Å². The van der Waals surface area contributed by atoms with Gasteiger partial charge < -0.3 is 90.2 Å². The predicted molar refractivity (Wildman–Crippen MR) is 141 cm³/mol. The number of aliphatic hydroxyl groups excluding tert-OH is 8.